The van der Waals surface area contributed by atoms with Gasteiger partial charge in [0.2, 0.25) is 0 Å². The fraction of sp³-hybridized carbons (Fsp3) is 0.278. The van der Waals surface area contributed by atoms with Gasteiger partial charge in [-0.15, -0.1) is 11.3 Å². The number of amides is 3. The van der Waals surface area contributed by atoms with Gasteiger partial charge in [0.25, 0.3) is 5.91 Å². The van der Waals surface area contributed by atoms with Crippen LogP contribution < -0.4 is 16.0 Å². The number of benzene rings is 1. The van der Waals surface area contributed by atoms with Crippen LogP contribution >= 0.6 is 11.3 Å². The predicted molar refractivity (Wildman–Crippen MR) is 102 cm³/mol. The SMILES string of the molecule is CC(C)(CCC(=O)O)NC(=O)Nc1cccc(NC(=O)c2cccs2)c1. The van der Waals surface area contributed by atoms with Crippen LogP contribution in [0.5, 0.6) is 0 Å². The van der Waals surface area contributed by atoms with Gasteiger partial charge in [0.1, 0.15) is 0 Å². The number of thiophene rings is 1. The minimum atomic E-state index is -0.908. The second kappa shape index (κ2) is 8.48. The third kappa shape index (κ3) is 6.21. The first-order chi connectivity index (χ1) is 12.2. The summed E-state index contributed by atoms with van der Waals surface area (Å²) in [6.45, 7) is 3.51. The van der Waals surface area contributed by atoms with Crippen LogP contribution in [0.2, 0.25) is 0 Å². The Kier molecular flexibility index (Phi) is 6.35. The Bertz CT molecular complexity index is 787. The fourth-order valence-electron chi connectivity index (χ4n) is 2.23. The highest BCUT2D eigenvalue weighted by molar-refractivity contribution is 7.12. The summed E-state index contributed by atoms with van der Waals surface area (Å²) in [5.41, 5.74) is 0.417. The molecule has 3 amide bonds. The van der Waals surface area contributed by atoms with E-state index in [0.29, 0.717) is 22.7 Å². The zero-order valence-electron chi connectivity index (χ0n) is 14.5. The first-order valence-electron chi connectivity index (χ1n) is 8.01. The molecule has 2 aromatic rings. The van der Waals surface area contributed by atoms with Gasteiger partial charge in [0.15, 0.2) is 0 Å². The molecule has 8 heteroatoms. The molecule has 26 heavy (non-hydrogen) atoms. The van der Waals surface area contributed by atoms with E-state index < -0.39 is 17.5 Å². The van der Waals surface area contributed by atoms with Crippen molar-refractivity contribution < 1.29 is 19.5 Å². The number of carbonyl (C=O) groups is 3. The molecule has 138 valence electrons. The van der Waals surface area contributed by atoms with Crippen molar-refractivity contribution in [3.05, 3.63) is 46.7 Å². The first kappa shape index (κ1) is 19.5. The molecule has 0 atom stereocenters. The molecule has 0 aliphatic carbocycles. The number of carboxylic acids is 1. The van der Waals surface area contributed by atoms with Gasteiger partial charge in [-0.25, -0.2) is 4.79 Å². The van der Waals surface area contributed by atoms with E-state index in [0.717, 1.165) is 0 Å². The number of hydrogen-bond donors (Lipinski definition) is 4. The number of nitrogens with one attached hydrogen (secondary N) is 3. The average molecular weight is 375 g/mol. The number of rotatable bonds is 7. The standard InChI is InChI=1S/C18H21N3O4S/c1-18(2,9-8-15(22)23)21-17(25)20-13-6-3-5-12(11-13)19-16(24)14-7-4-10-26-14/h3-7,10-11H,8-9H2,1-2H3,(H,19,24)(H,22,23)(H2,20,21,25). The molecule has 1 aromatic heterocycles. The van der Waals surface area contributed by atoms with Crippen molar-refractivity contribution in [1.29, 1.82) is 0 Å². The Morgan fingerprint density at radius 3 is 2.38 bits per heavy atom. The summed E-state index contributed by atoms with van der Waals surface area (Å²) in [7, 11) is 0. The van der Waals surface area contributed by atoms with Crippen molar-refractivity contribution in [3.63, 3.8) is 0 Å². The molecule has 0 spiro atoms. The van der Waals surface area contributed by atoms with Crippen LogP contribution in [0.3, 0.4) is 0 Å². The highest BCUT2D eigenvalue weighted by Gasteiger charge is 2.21. The van der Waals surface area contributed by atoms with Gasteiger partial charge in [0, 0.05) is 23.3 Å². The maximum Gasteiger partial charge on any atom is 0.319 e. The van der Waals surface area contributed by atoms with Crippen LogP contribution in [0.25, 0.3) is 0 Å². The lowest BCUT2D eigenvalue weighted by Gasteiger charge is -2.25. The van der Waals surface area contributed by atoms with Gasteiger partial charge in [-0.3, -0.25) is 9.59 Å². The average Bonchev–Trinajstić information content (AvgIpc) is 3.07. The highest BCUT2D eigenvalue weighted by atomic mass is 32.1. The molecule has 2 rings (SSSR count). The van der Waals surface area contributed by atoms with Crippen molar-refractivity contribution in [3.8, 4) is 0 Å². The third-order valence-electron chi connectivity index (χ3n) is 3.54. The molecule has 0 aliphatic rings. The third-order valence-corrected chi connectivity index (χ3v) is 4.41. The smallest absolute Gasteiger partial charge is 0.319 e. The largest absolute Gasteiger partial charge is 0.481 e. The van der Waals surface area contributed by atoms with Crippen molar-refractivity contribution in [2.45, 2.75) is 32.2 Å². The first-order valence-corrected chi connectivity index (χ1v) is 8.89. The molecule has 4 N–H and O–H groups in total. The molecular weight excluding hydrogens is 354 g/mol. The summed E-state index contributed by atoms with van der Waals surface area (Å²) in [5.74, 6) is -1.12. The summed E-state index contributed by atoms with van der Waals surface area (Å²) < 4.78 is 0. The van der Waals surface area contributed by atoms with E-state index in [1.807, 2.05) is 5.38 Å². The van der Waals surface area contributed by atoms with Crippen molar-refractivity contribution >= 4 is 40.6 Å². The zero-order valence-corrected chi connectivity index (χ0v) is 15.4. The van der Waals surface area contributed by atoms with Crippen LogP contribution in [-0.4, -0.2) is 28.6 Å². The minimum Gasteiger partial charge on any atom is -0.481 e. The Labute approximate surface area is 155 Å². The quantitative estimate of drug-likeness (QED) is 0.591. The number of carboxylic acid groups (broad SMARTS) is 1. The molecular formula is C18H21N3O4S. The molecule has 0 saturated heterocycles. The van der Waals surface area contributed by atoms with Crippen LogP contribution in [0.4, 0.5) is 16.2 Å². The van der Waals surface area contributed by atoms with E-state index in [1.165, 1.54) is 11.3 Å². The Morgan fingerprint density at radius 1 is 1.08 bits per heavy atom. The predicted octanol–water partition coefficient (Wildman–Crippen LogP) is 3.77. The van der Waals surface area contributed by atoms with E-state index >= 15 is 0 Å². The maximum absolute atomic E-state index is 12.1. The van der Waals surface area contributed by atoms with Gasteiger partial charge < -0.3 is 21.1 Å². The van der Waals surface area contributed by atoms with Crippen molar-refractivity contribution in [2.75, 3.05) is 10.6 Å². The van der Waals surface area contributed by atoms with Gasteiger partial charge >= 0.3 is 12.0 Å². The van der Waals surface area contributed by atoms with Crippen LogP contribution in [0.15, 0.2) is 41.8 Å². The Hall–Kier alpha value is -2.87. The van der Waals surface area contributed by atoms with E-state index in [1.54, 1.807) is 50.2 Å². The van der Waals surface area contributed by atoms with Gasteiger partial charge in [-0.1, -0.05) is 12.1 Å². The number of carbonyl (C=O) groups excluding carboxylic acids is 2. The zero-order chi connectivity index (χ0) is 19.2. The van der Waals surface area contributed by atoms with Crippen LogP contribution in [0, 0.1) is 0 Å². The molecule has 1 heterocycles. The number of aliphatic carboxylic acids is 1. The lowest BCUT2D eigenvalue weighted by Crippen LogP contribution is -2.45. The van der Waals surface area contributed by atoms with E-state index in [2.05, 4.69) is 16.0 Å². The molecule has 0 radical (unpaired) electrons. The number of urea groups is 1. The summed E-state index contributed by atoms with van der Waals surface area (Å²) in [6, 6.07) is 9.88. The van der Waals surface area contributed by atoms with Gasteiger partial charge in [-0.2, -0.15) is 0 Å². The second-order valence-corrected chi connectivity index (χ2v) is 7.32. The number of hydrogen-bond acceptors (Lipinski definition) is 4. The number of anilines is 2. The molecule has 0 bridgehead atoms. The summed E-state index contributed by atoms with van der Waals surface area (Å²) in [6.07, 6.45) is 0.282. The minimum absolute atomic E-state index is 0.0302. The summed E-state index contributed by atoms with van der Waals surface area (Å²) in [4.78, 5) is 35.5. The Balaban J connectivity index is 1.94. The van der Waals surface area contributed by atoms with Crippen LogP contribution in [-0.2, 0) is 4.79 Å². The molecule has 0 fully saturated rings. The normalized spacial score (nSPS) is 10.8. The molecule has 7 nitrogen and oxygen atoms in total. The Morgan fingerprint density at radius 2 is 1.77 bits per heavy atom. The second-order valence-electron chi connectivity index (χ2n) is 6.37. The van der Waals surface area contributed by atoms with Crippen molar-refractivity contribution in [2.24, 2.45) is 0 Å². The monoisotopic (exact) mass is 375 g/mol. The highest BCUT2D eigenvalue weighted by Crippen LogP contribution is 2.18. The van der Waals surface area contributed by atoms with E-state index in [4.69, 9.17) is 5.11 Å². The van der Waals surface area contributed by atoms with Gasteiger partial charge in [0.05, 0.1) is 4.88 Å². The van der Waals surface area contributed by atoms with E-state index in [-0.39, 0.29) is 12.3 Å². The van der Waals surface area contributed by atoms with Crippen molar-refractivity contribution in [1.82, 2.24) is 5.32 Å². The van der Waals surface area contributed by atoms with Gasteiger partial charge in [-0.05, 0) is 49.9 Å². The molecule has 0 saturated carbocycles. The fourth-order valence-corrected chi connectivity index (χ4v) is 2.85. The molecule has 0 aliphatic heterocycles. The topological polar surface area (TPSA) is 108 Å². The summed E-state index contributed by atoms with van der Waals surface area (Å²) in [5, 5.41) is 18.8. The molecule has 1 aromatic carbocycles. The summed E-state index contributed by atoms with van der Waals surface area (Å²) >= 11 is 1.34. The lowest BCUT2D eigenvalue weighted by atomic mass is 9.99. The van der Waals surface area contributed by atoms with Crippen LogP contribution in [0.1, 0.15) is 36.4 Å². The lowest BCUT2D eigenvalue weighted by molar-refractivity contribution is -0.137. The van der Waals surface area contributed by atoms with E-state index in [9.17, 15) is 14.4 Å². The molecule has 0 unspecified atom stereocenters. The maximum atomic E-state index is 12.1.